The summed E-state index contributed by atoms with van der Waals surface area (Å²) in [5.74, 6) is -0.424. The number of amides is 2. The Labute approximate surface area is 145 Å². The highest BCUT2D eigenvalue weighted by molar-refractivity contribution is 5.95. The molecule has 1 aromatic heterocycles. The Hall–Kier alpha value is -2.80. The number of carbonyl (C=O) groups excluding carboxylic acids is 2. The van der Waals surface area contributed by atoms with Gasteiger partial charge in [0.15, 0.2) is 12.4 Å². The van der Waals surface area contributed by atoms with Crippen LogP contribution in [0.1, 0.15) is 6.92 Å². The number of pyridine rings is 1. The van der Waals surface area contributed by atoms with Crippen molar-refractivity contribution in [3.8, 4) is 11.5 Å². The number of phenols is 1. The van der Waals surface area contributed by atoms with Crippen LogP contribution in [0.2, 0.25) is 0 Å². The summed E-state index contributed by atoms with van der Waals surface area (Å²) in [6, 6.07) is 8.28. The molecule has 0 spiro atoms. The maximum atomic E-state index is 12.1. The molecule has 24 heavy (non-hydrogen) atoms. The van der Waals surface area contributed by atoms with E-state index >= 15 is 0 Å². The molecule has 2 aromatic rings. The van der Waals surface area contributed by atoms with Crippen LogP contribution in [0.3, 0.4) is 0 Å². The monoisotopic (exact) mass is 351 g/mol. The lowest BCUT2D eigenvalue weighted by Gasteiger charge is -2.13. The molecule has 2 rings (SSSR count). The molecule has 1 heterocycles. The summed E-state index contributed by atoms with van der Waals surface area (Å²) in [7, 11) is 1.44. The number of benzene rings is 1. The van der Waals surface area contributed by atoms with Crippen LogP contribution in [0.25, 0.3) is 0 Å². The molecule has 0 atom stereocenters. The quantitative estimate of drug-likeness (QED) is 0.442. The maximum absolute atomic E-state index is 12.1. The third-order valence-corrected chi connectivity index (χ3v) is 3.01. The summed E-state index contributed by atoms with van der Waals surface area (Å²) >= 11 is 0. The summed E-state index contributed by atoms with van der Waals surface area (Å²) in [6.45, 7) is 1.46. The molecule has 0 saturated carbocycles. The van der Waals surface area contributed by atoms with E-state index in [0.29, 0.717) is 11.4 Å². The maximum Gasteiger partial charge on any atom is 0.290 e. The predicted octanol–water partition coefficient (Wildman–Crippen LogP) is -1.71. The second-order valence-electron chi connectivity index (χ2n) is 4.85. The van der Waals surface area contributed by atoms with Gasteiger partial charge >= 0.3 is 0 Å². The molecule has 0 radical (unpaired) electrons. The fourth-order valence-corrected chi connectivity index (χ4v) is 2.02. The molecule has 0 bridgehead atoms. The molecule has 128 valence electrons. The molecule has 0 aliphatic rings. The van der Waals surface area contributed by atoms with Crippen LogP contribution < -0.4 is 32.3 Å². The Morgan fingerprint density at radius 1 is 1.12 bits per heavy atom. The van der Waals surface area contributed by atoms with Gasteiger partial charge in [-0.25, -0.2) is 0 Å². The van der Waals surface area contributed by atoms with Crippen molar-refractivity contribution in [2.24, 2.45) is 0 Å². The number of aromatic nitrogens is 1. The zero-order valence-electron chi connectivity index (χ0n) is 13.2. The fraction of sp³-hybridized carbons (Fsp3) is 0.188. The number of aromatic hydroxyl groups is 1. The molecule has 0 saturated heterocycles. The van der Waals surface area contributed by atoms with Gasteiger partial charge in [-0.3, -0.25) is 9.59 Å². The van der Waals surface area contributed by atoms with Gasteiger partial charge < -0.3 is 32.9 Å². The van der Waals surface area contributed by atoms with Gasteiger partial charge in [0.05, 0.1) is 18.5 Å². The first kappa shape index (κ1) is 19.2. The van der Waals surface area contributed by atoms with Crippen LogP contribution in [0.5, 0.6) is 11.5 Å². The summed E-state index contributed by atoms with van der Waals surface area (Å²) < 4.78 is 6.91. The first-order chi connectivity index (χ1) is 11.0. The highest BCUT2D eigenvalue weighted by Crippen LogP contribution is 2.35. The number of hydrogen-bond acceptors (Lipinski definition) is 4. The van der Waals surface area contributed by atoms with Gasteiger partial charge in [-0.2, -0.15) is 4.57 Å². The summed E-state index contributed by atoms with van der Waals surface area (Å²) in [5.41, 5.74) is 0.533. The van der Waals surface area contributed by atoms with Crippen LogP contribution in [-0.4, -0.2) is 24.0 Å². The molecule has 0 unspecified atom stereocenters. The van der Waals surface area contributed by atoms with Crippen molar-refractivity contribution in [2.45, 2.75) is 13.5 Å². The van der Waals surface area contributed by atoms with Crippen molar-refractivity contribution >= 4 is 23.2 Å². The lowest BCUT2D eigenvalue weighted by atomic mass is 10.2. The summed E-state index contributed by atoms with van der Waals surface area (Å²) in [4.78, 5) is 23.2. The van der Waals surface area contributed by atoms with Crippen molar-refractivity contribution < 1.29 is 36.4 Å². The van der Waals surface area contributed by atoms with Gasteiger partial charge in [0.25, 0.3) is 5.91 Å². The summed E-state index contributed by atoms with van der Waals surface area (Å²) in [5, 5.41) is 15.1. The number of nitrogens with zero attached hydrogens (tertiary/aromatic N) is 1. The summed E-state index contributed by atoms with van der Waals surface area (Å²) in [6.07, 6.45) is 3.54. The van der Waals surface area contributed by atoms with Gasteiger partial charge in [-0.1, -0.05) is 6.07 Å². The van der Waals surface area contributed by atoms with E-state index in [1.807, 2.05) is 18.2 Å². The zero-order chi connectivity index (χ0) is 16.8. The van der Waals surface area contributed by atoms with Gasteiger partial charge in [0.2, 0.25) is 12.5 Å². The highest BCUT2D eigenvalue weighted by Gasteiger charge is 2.15. The van der Waals surface area contributed by atoms with Crippen molar-refractivity contribution in [1.29, 1.82) is 0 Å². The number of hydrogen-bond donors (Lipinski definition) is 3. The lowest BCUT2D eigenvalue weighted by molar-refractivity contribution is -0.684. The second-order valence-corrected chi connectivity index (χ2v) is 4.85. The van der Waals surface area contributed by atoms with Crippen LogP contribution in [0.4, 0.5) is 11.4 Å². The third-order valence-electron chi connectivity index (χ3n) is 3.01. The van der Waals surface area contributed by atoms with Crippen LogP contribution in [0.15, 0.2) is 42.7 Å². The highest BCUT2D eigenvalue weighted by atomic mass is 35.5. The van der Waals surface area contributed by atoms with E-state index in [1.165, 1.54) is 26.2 Å². The lowest BCUT2D eigenvalue weighted by Crippen LogP contribution is -3.00. The molecule has 1 aromatic carbocycles. The van der Waals surface area contributed by atoms with Crippen molar-refractivity contribution in [3.05, 3.63) is 42.7 Å². The molecule has 2 amide bonds. The number of methoxy groups -OCH3 is 1. The number of phenolic OH excluding ortho intramolecular Hbond substituents is 1. The normalized spacial score (nSPS) is 9.58. The molecular formula is C16H18ClN3O4. The van der Waals surface area contributed by atoms with Crippen LogP contribution in [0, 0.1) is 0 Å². The standard InChI is InChI=1S/C16H17N3O4.ClH/c1-11(20)17-12-9-15(23-2)13(8-14(12)21)18-16(22)10-19-6-4-3-5-7-19;/h3-9H,10H2,1-2H3,(H2-,17,18,20,21,22);1H. The molecule has 8 heteroatoms. The molecule has 3 N–H and O–H groups in total. The SMILES string of the molecule is COc1cc(NC(C)=O)c(O)cc1NC(=O)C[n+]1ccccc1.[Cl-]. The Morgan fingerprint density at radius 2 is 1.79 bits per heavy atom. The van der Waals surface area contributed by atoms with E-state index in [1.54, 1.807) is 17.0 Å². The predicted molar refractivity (Wildman–Crippen MR) is 84.2 cm³/mol. The smallest absolute Gasteiger partial charge is 0.290 e. The number of anilines is 2. The van der Waals surface area contributed by atoms with Gasteiger partial charge in [-0.05, 0) is 0 Å². The first-order valence-corrected chi connectivity index (χ1v) is 6.92. The Morgan fingerprint density at radius 3 is 2.38 bits per heavy atom. The first-order valence-electron chi connectivity index (χ1n) is 6.92. The minimum Gasteiger partial charge on any atom is -1.00 e. The Kier molecular flexibility index (Phi) is 7.00. The molecule has 0 fully saturated rings. The van der Waals surface area contributed by atoms with E-state index in [4.69, 9.17) is 4.74 Å². The average Bonchev–Trinajstić information content (AvgIpc) is 2.50. The van der Waals surface area contributed by atoms with Crippen LogP contribution >= 0.6 is 0 Å². The third kappa shape index (κ3) is 5.13. The van der Waals surface area contributed by atoms with Crippen molar-refractivity contribution in [2.75, 3.05) is 17.7 Å². The van der Waals surface area contributed by atoms with E-state index in [9.17, 15) is 14.7 Å². The largest absolute Gasteiger partial charge is 1.00 e. The Balaban J connectivity index is 0.00000288. The topological polar surface area (TPSA) is 91.5 Å². The van der Waals surface area contributed by atoms with Crippen LogP contribution in [-0.2, 0) is 16.1 Å². The van der Waals surface area contributed by atoms with Gasteiger partial charge in [0, 0.05) is 31.2 Å². The molecular weight excluding hydrogens is 334 g/mol. The zero-order valence-corrected chi connectivity index (χ0v) is 14.0. The minimum atomic E-state index is -0.320. The van der Waals surface area contributed by atoms with E-state index in [2.05, 4.69) is 10.6 Å². The fourth-order valence-electron chi connectivity index (χ4n) is 2.02. The number of nitrogens with one attached hydrogen (secondary N) is 2. The van der Waals surface area contributed by atoms with Gasteiger partial charge in [-0.15, -0.1) is 0 Å². The van der Waals surface area contributed by atoms with Crippen molar-refractivity contribution in [1.82, 2.24) is 0 Å². The number of halogens is 1. The molecule has 0 aliphatic heterocycles. The van der Waals surface area contributed by atoms with E-state index < -0.39 is 0 Å². The number of carbonyl (C=O) groups is 2. The van der Waals surface area contributed by atoms with Gasteiger partial charge in [0.1, 0.15) is 11.5 Å². The molecule has 0 aliphatic carbocycles. The average molecular weight is 352 g/mol. The molecule has 7 nitrogen and oxygen atoms in total. The number of rotatable bonds is 5. The van der Waals surface area contributed by atoms with E-state index in [-0.39, 0.29) is 42.2 Å². The second kappa shape index (κ2) is 8.73. The van der Waals surface area contributed by atoms with E-state index in [0.717, 1.165) is 0 Å². The van der Waals surface area contributed by atoms with Crippen molar-refractivity contribution in [3.63, 3.8) is 0 Å². The number of ether oxygens (including phenoxy) is 1. The Bertz CT molecular complexity index is 723. The minimum absolute atomic E-state index is 0.